The Hall–Kier alpha value is -2.08. The lowest BCUT2D eigenvalue weighted by Gasteiger charge is -2.36. The summed E-state index contributed by atoms with van der Waals surface area (Å²) in [7, 11) is 0. The van der Waals surface area contributed by atoms with Crippen LogP contribution in [0.5, 0.6) is 0 Å². The first kappa shape index (κ1) is 20.2. The number of hydrogen-bond acceptors (Lipinski definition) is 3. The minimum atomic E-state index is -0.561. The molecule has 0 atom stereocenters. The van der Waals surface area contributed by atoms with E-state index in [1.807, 2.05) is 53.3 Å². The molecule has 7 heteroatoms. The van der Waals surface area contributed by atoms with Crippen LogP contribution < -0.4 is 5.32 Å². The van der Waals surface area contributed by atoms with E-state index in [0.29, 0.717) is 49.2 Å². The molecule has 0 radical (unpaired) electrons. The summed E-state index contributed by atoms with van der Waals surface area (Å²) >= 11 is 12.1. The normalized spacial score (nSPS) is 16.1. The number of ether oxygens (including phenoxy) is 1. The lowest BCUT2D eigenvalue weighted by molar-refractivity contribution is -0.130. The third kappa shape index (κ3) is 4.27. The molecular weight excluding hydrogens is 409 g/mol. The molecule has 1 N–H and O–H groups in total. The summed E-state index contributed by atoms with van der Waals surface area (Å²) in [4.78, 5) is 13.2. The Bertz CT molecular complexity index is 995. The van der Waals surface area contributed by atoms with Gasteiger partial charge >= 0.3 is 0 Å². The first-order valence-corrected chi connectivity index (χ1v) is 10.6. The molecule has 0 aliphatic carbocycles. The summed E-state index contributed by atoms with van der Waals surface area (Å²) in [5.41, 5.74) is 1.44. The van der Waals surface area contributed by atoms with Crippen molar-refractivity contribution in [3.05, 3.63) is 64.3 Å². The second-order valence-corrected chi connectivity index (χ2v) is 8.25. The Morgan fingerprint density at radius 2 is 1.83 bits per heavy atom. The van der Waals surface area contributed by atoms with E-state index in [9.17, 15) is 4.79 Å². The maximum absolute atomic E-state index is 13.2. The monoisotopic (exact) mass is 431 g/mol. The van der Waals surface area contributed by atoms with Crippen LogP contribution in [-0.2, 0) is 21.5 Å². The quantitative estimate of drug-likeness (QED) is 0.580. The first-order chi connectivity index (χ1) is 14.1. The molecule has 1 aliphatic rings. The van der Waals surface area contributed by atoms with E-state index in [0.717, 1.165) is 22.9 Å². The van der Waals surface area contributed by atoms with Gasteiger partial charge in [-0.25, -0.2) is 0 Å². The smallest absolute Gasteiger partial charge is 0.230 e. The van der Waals surface area contributed by atoms with Crippen LogP contribution >= 0.6 is 23.2 Å². The number of carbonyl (C=O) groups excluding carboxylic acids is 1. The zero-order valence-corrected chi connectivity index (χ0v) is 17.5. The minimum Gasteiger partial charge on any atom is -0.381 e. The van der Waals surface area contributed by atoms with E-state index in [1.54, 1.807) is 0 Å². The number of aromatic nitrogens is 2. The van der Waals surface area contributed by atoms with Gasteiger partial charge in [-0.05, 0) is 55.2 Å². The number of amides is 1. The second kappa shape index (κ2) is 8.74. The SMILES string of the molecule is O=C(NCCCn1ncc2ccc(Cl)cc21)C1(c2ccc(Cl)cc2)CCOCC1. The van der Waals surface area contributed by atoms with Crippen molar-refractivity contribution in [3.63, 3.8) is 0 Å². The Kier molecular flexibility index (Phi) is 6.09. The summed E-state index contributed by atoms with van der Waals surface area (Å²) in [6.07, 6.45) is 3.95. The Morgan fingerprint density at radius 3 is 2.59 bits per heavy atom. The lowest BCUT2D eigenvalue weighted by Crippen LogP contribution is -2.48. The van der Waals surface area contributed by atoms with Crippen LogP contribution in [0, 0.1) is 0 Å². The van der Waals surface area contributed by atoms with E-state index in [4.69, 9.17) is 27.9 Å². The van der Waals surface area contributed by atoms with Gasteiger partial charge in [-0.3, -0.25) is 9.48 Å². The van der Waals surface area contributed by atoms with Gasteiger partial charge in [0, 0.05) is 41.7 Å². The summed E-state index contributed by atoms with van der Waals surface area (Å²) in [6, 6.07) is 13.3. The zero-order valence-electron chi connectivity index (χ0n) is 16.0. The number of nitrogens with zero attached hydrogens (tertiary/aromatic N) is 2. The fourth-order valence-corrected chi connectivity index (χ4v) is 4.25. The van der Waals surface area contributed by atoms with Crippen molar-refractivity contribution in [2.24, 2.45) is 0 Å². The van der Waals surface area contributed by atoms with Crippen LogP contribution in [0.25, 0.3) is 10.9 Å². The number of carbonyl (C=O) groups is 1. The molecule has 5 nitrogen and oxygen atoms in total. The highest BCUT2D eigenvalue weighted by molar-refractivity contribution is 6.31. The highest BCUT2D eigenvalue weighted by Crippen LogP contribution is 2.35. The molecule has 2 aromatic carbocycles. The third-order valence-corrected chi connectivity index (χ3v) is 6.10. The molecule has 1 saturated heterocycles. The van der Waals surface area contributed by atoms with Crippen LogP contribution in [0.1, 0.15) is 24.8 Å². The largest absolute Gasteiger partial charge is 0.381 e. The highest BCUT2D eigenvalue weighted by Gasteiger charge is 2.41. The highest BCUT2D eigenvalue weighted by atomic mass is 35.5. The zero-order chi connectivity index (χ0) is 20.3. The number of benzene rings is 2. The number of halogens is 2. The number of nitrogens with one attached hydrogen (secondary N) is 1. The Labute approximate surface area is 179 Å². The number of rotatable bonds is 6. The van der Waals surface area contributed by atoms with Crippen LogP contribution in [0.15, 0.2) is 48.7 Å². The molecule has 0 spiro atoms. The van der Waals surface area contributed by atoms with Crippen molar-refractivity contribution in [3.8, 4) is 0 Å². The van der Waals surface area contributed by atoms with Gasteiger partial charge in [-0.2, -0.15) is 5.10 Å². The van der Waals surface area contributed by atoms with Gasteiger partial charge < -0.3 is 10.1 Å². The molecule has 1 fully saturated rings. The average molecular weight is 432 g/mol. The van der Waals surface area contributed by atoms with E-state index in [-0.39, 0.29) is 5.91 Å². The number of fused-ring (bicyclic) bond motifs is 1. The van der Waals surface area contributed by atoms with Crippen molar-refractivity contribution in [2.45, 2.75) is 31.2 Å². The van der Waals surface area contributed by atoms with Gasteiger partial charge in [0.15, 0.2) is 0 Å². The van der Waals surface area contributed by atoms with E-state index >= 15 is 0 Å². The fraction of sp³-hybridized carbons (Fsp3) is 0.364. The molecule has 1 aliphatic heterocycles. The molecule has 0 bridgehead atoms. The van der Waals surface area contributed by atoms with Crippen LogP contribution in [-0.4, -0.2) is 35.4 Å². The van der Waals surface area contributed by atoms with Crippen LogP contribution in [0.3, 0.4) is 0 Å². The molecule has 4 rings (SSSR count). The third-order valence-electron chi connectivity index (χ3n) is 5.62. The molecule has 1 aromatic heterocycles. The summed E-state index contributed by atoms with van der Waals surface area (Å²) in [6.45, 7) is 2.45. The van der Waals surface area contributed by atoms with Crippen molar-refractivity contribution < 1.29 is 9.53 Å². The van der Waals surface area contributed by atoms with Crippen LogP contribution in [0.2, 0.25) is 10.0 Å². The van der Waals surface area contributed by atoms with E-state index in [1.165, 1.54) is 0 Å². The minimum absolute atomic E-state index is 0.0523. The molecule has 1 amide bonds. The van der Waals surface area contributed by atoms with Gasteiger partial charge in [-0.15, -0.1) is 0 Å². The predicted molar refractivity (Wildman–Crippen MR) is 116 cm³/mol. The molecule has 3 aromatic rings. The Morgan fingerprint density at radius 1 is 1.10 bits per heavy atom. The number of aryl methyl sites for hydroxylation is 1. The lowest BCUT2D eigenvalue weighted by atomic mass is 9.73. The van der Waals surface area contributed by atoms with Gasteiger partial charge in [0.1, 0.15) is 0 Å². The molecule has 152 valence electrons. The fourth-order valence-electron chi connectivity index (χ4n) is 3.96. The van der Waals surface area contributed by atoms with Gasteiger partial charge in [0.25, 0.3) is 0 Å². The predicted octanol–water partition coefficient (Wildman–Crippen LogP) is 4.60. The Balaban J connectivity index is 1.40. The summed E-state index contributed by atoms with van der Waals surface area (Å²) < 4.78 is 7.44. The van der Waals surface area contributed by atoms with Gasteiger partial charge in [0.05, 0.1) is 17.1 Å². The first-order valence-electron chi connectivity index (χ1n) is 9.82. The average Bonchev–Trinajstić information content (AvgIpc) is 3.14. The van der Waals surface area contributed by atoms with Gasteiger partial charge in [0.2, 0.25) is 5.91 Å². The molecule has 29 heavy (non-hydrogen) atoms. The molecule has 2 heterocycles. The maximum atomic E-state index is 13.2. The standard InChI is InChI=1S/C22H23Cl2N3O2/c23-18-6-3-17(4-7-18)22(8-12-29-13-9-22)21(28)25-10-1-11-27-20-14-19(24)5-2-16(20)15-26-27/h2-7,14-15H,1,8-13H2,(H,25,28). The maximum Gasteiger partial charge on any atom is 0.230 e. The molecular formula is C22H23Cl2N3O2. The van der Waals surface area contributed by atoms with Crippen molar-refractivity contribution >= 4 is 40.0 Å². The van der Waals surface area contributed by atoms with E-state index in [2.05, 4.69) is 10.4 Å². The topological polar surface area (TPSA) is 56.2 Å². The van der Waals surface area contributed by atoms with Crippen molar-refractivity contribution in [2.75, 3.05) is 19.8 Å². The van der Waals surface area contributed by atoms with Crippen molar-refractivity contribution in [1.29, 1.82) is 0 Å². The van der Waals surface area contributed by atoms with Crippen molar-refractivity contribution in [1.82, 2.24) is 15.1 Å². The van der Waals surface area contributed by atoms with E-state index < -0.39 is 5.41 Å². The molecule has 0 saturated carbocycles. The number of hydrogen-bond donors (Lipinski definition) is 1. The molecule has 0 unspecified atom stereocenters. The van der Waals surface area contributed by atoms with Gasteiger partial charge in [-0.1, -0.05) is 35.3 Å². The summed E-state index contributed by atoms with van der Waals surface area (Å²) in [5.74, 6) is 0.0523. The van der Waals surface area contributed by atoms with Crippen LogP contribution in [0.4, 0.5) is 0 Å². The second-order valence-electron chi connectivity index (χ2n) is 7.38. The summed E-state index contributed by atoms with van der Waals surface area (Å²) in [5, 5.41) is 9.98.